The molecule has 0 heterocycles. The highest BCUT2D eigenvalue weighted by molar-refractivity contribution is 9.10. The molecule has 1 aromatic rings. The van der Waals surface area contributed by atoms with Crippen LogP contribution in [0.2, 0.25) is 0 Å². The lowest BCUT2D eigenvalue weighted by Crippen LogP contribution is -2.47. The highest BCUT2D eigenvalue weighted by atomic mass is 79.9. The van der Waals surface area contributed by atoms with E-state index in [0.717, 1.165) is 29.5 Å². The Bertz CT molecular complexity index is 415. The summed E-state index contributed by atoms with van der Waals surface area (Å²) < 4.78 is 1.01. The summed E-state index contributed by atoms with van der Waals surface area (Å²) in [5, 5.41) is 9.30. The second kappa shape index (κ2) is 7.06. The van der Waals surface area contributed by atoms with Crippen LogP contribution in [0.15, 0.2) is 28.7 Å². The van der Waals surface area contributed by atoms with Gasteiger partial charge >= 0.3 is 5.97 Å². The van der Waals surface area contributed by atoms with Crippen LogP contribution in [-0.2, 0) is 10.3 Å². The molecule has 1 rings (SSSR count). The first kappa shape index (κ1) is 16.2. The van der Waals surface area contributed by atoms with Crippen molar-refractivity contribution in [2.45, 2.75) is 39.2 Å². The summed E-state index contributed by atoms with van der Waals surface area (Å²) in [6.45, 7) is 7.90. The van der Waals surface area contributed by atoms with Crippen molar-refractivity contribution < 1.29 is 9.90 Å². The molecule has 106 valence electrons. The lowest BCUT2D eigenvalue weighted by Gasteiger charge is -2.42. The van der Waals surface area contributed by atoms with Gasteiger partial charge in [-0.3, -0.25) is 9.69 Å². The molecule has 0 fully saturated rings. The van der Waals surface area contributed by atoms with E-state index in [9.17, 15) is 9.90 Å². The highest BCUT2D eigenvalue weighted by Crippen LogP contribution is 2.36. The fourth-order valence-corrected chi connectivity index (χ4v) is 3.05. The van der Waals surface area contributed by atoms with E-state index in [-0.39, 0.29) is 6.42 Å². The van der Waals surface area contributed by atoms with Crippen LogP contribution in [0, 0.1) is 0 Å². The fourth-order valence-electron chi connectivity index (χ4n) is 2.79. The molecule has 19 heavy (non-hydrogen) atoms. The molecule has 0 saturated carbocycles. The van der Waals surface area contributed by atoms with E-state index in [1.54, 1.807) is 0 Å². The number of carbonyl (C=O) groups is 1. The van der Waals surface area contributed by atoms with E-state index in [0.29, 0.717) is 0 Å². The Morgan fingerprint density at radius 2 is 1.74 bits per heavy atom. The second-order valence-corrected chi connectivity index (χ2v) is 5.55. The van der Waals surface area contributed by atoms with Gasteiger partial charge in [-0.1, -0.05) is 48.8 Å². The molecule has 1 aromatic carbocycles. The van der Waals surface area contributed by atoms with Gasteiger partial charge in [-0.05, 0) is 37.2 Å². The Balaban J connectivity index is 3.29. The molecule has 0 saturated heterocycles. The van der Waals surface area contributed by atoms with Crippen LogP contribution in [0.25, 0.3) is 0 Å². The summed E-state index contributed by atoms with van der Waals surface area (Å²) in [5.41, 5.74) is 0.653. The van der Waals surface area contributed by atoms with Gasteiger partial charge in [0.2, 0.25) is 0 Å². The van der Waals surface area contributed by atoms with Crippen molar-refractivity contribution in [3.63, 3.8) is 0 Å². The van der Waals surface area contributed by atoms with E-state index in [1.165, 1.54) is 0 Å². The molecule has 0 aliphatic heterocycles. The van der Waals surface area contributed by atoms with Crippen LogP contribution in [-0.4, -0.2) is 29.1 Å². The molecular formula is C15H22BrNO2. The van der Waals surface area contributed by atoms with Gasteiger partial charge in [-0.25, -0.2) is 0 Å². The molecule has 0 spiro atoms. The number of hydrogen-bond donors (Lipinski definition) is 1. The minimum atomic E-state index is -0.753. The summed E-state index contributed by atoms with van der Waals surface area (Å²) in [6.07, 6.45) is 0.912. The number of benzene rings is 1. The Morgan fingerprint density at radius 3 is 2.11 bits per heavy atom. The van der Waals surface area contributed by atoms with Gasteiger partial charge < -0.3 is 5.11 Å². The topological polar surface area (TPSA) is 40.5 Å². The second-order valence-electron chi connectivity index (χ2n) is 4.63. The number of carboxylic acids is 1. The minimum absolute atomic E-state index is 0.132. The third-order valence-electron chi connectivity index (χ3n) is 3.78. The van der Waals surface area contributed by atoms with Crippen LogP contribution >= 0.6 is 15.9 Å². The SMILES string of the molecule is CCN(CC)C(CC)(CC(=O)O)c1ccc(Br)cc1. The molecule has 1 atom stereocenters. The standard InChI is InChI=1S/C15H22BrNO2/c1-4-15(11-14(18)19,17(5-2)6-3)12-7-9-13(16)10-8-12/h7-10H,4-6,11H2,1-3H3,(H,18,19). The maximum atomic E-state index is 11.3. The van der Waals surface area contributed by atoms with Crippen molar-refractivity contribution >= 4 is 21.9 Å². The number of halogens is 1. The maximum Gasteiger partial charge on any atom is 0.305 e. The molecule has 1 N–H and O–H groups in total. The molecule has 4 heteroatoms. The molecule has 3 nitrogen and oxygen atoms in total. The van der Waals surface area contributed by atoms with Gasteiger partial charge in [0.25, 0.3) is 0 Å². The first-order chi connectivity index (χ1) is 9.00. The first-order valence-electron chi connectivity index (χ1n) is 6.73. The van der Waals surface area contributed by atoms with Crippen molar-refractivity contribution in [2.75, 3.05) is 13.1 Å². The average molecular weight is 328 g/mol. The number of nitrogens with zero attached hydrogens (tertiary/aromatic N) is 1. The molecule has 0 aliphatic carbocycles. The highest BCUT2D eigenvalue weighted by Gasteiger charge is 2.37. The molecule has 0 amide bonds. The van der Waals surface area contributed by atoms with Crippen molar-refractivity contribution in [3.8, 4) is 0 Å². The molecule has 0 bridgehead atoms. The fraction of sp³-hybridized carbons (Fsp3) is 0.533. The van der Waals surface area contributed by atoms with Crippen LogP contribution in [0.1, 0.15) is 39.2 Å². The summed E-state index contributed by atoms with van der Waals surface area (Å²) in [5.74, 6) is -0.753. The number of hydrogen-bond acceptors (Lipinski definition) is 2. The Hall–Kier alpha value is -0.870. The third kappa shape index (κ3) is 3.57. The van der Waals surface area contributed by atoms with E-state index in [4.69, 9.17) is 0 Å². The lowest BCUT2D eigenvalue weighted by atomic mass is 9.82. The van der Waals surface area contributed by atoms with Crippen LogP contribution in [0.4, 0.5) is 0 Å². The molecule has 0 aromatic heterocycles. The van der Waals surface area contributed by atoms with E-state index in [1.807, 2.05) is 24.3 Å². The first-order valence-corrected chi connectivity index (χ1v) is 7.52. The summed E-state index contributed by atoms with van der Waals surface area (Å²) >= 11 is 3.43. The Kier molecular flexibility index (Phi) is 6.01. The zero-order valence-electron chi connectivity index (χ0n) is 11.8. The largest absolute Gasteiger partial charge is 0.481 e. The Labute approximate surface area is 123 Å². The predicted molar refractivity (Wildman–Crippen MR) is 81.3 cm³/mol. The summed E-state index contributed by atoms with van der Waals surface area (Å²) in [7, 11) is 0. The van der Waals surface area contributed by atoms with Gasteiger partial charge in [0.15, 0.2) is 0 Å². The zero-order chi connectivity index (χ0) is 14.5. The average Bonchev–Trinajstić information content (AvgIpc) is 2.39. The summed E-state index contributed by atoms with van der Waals surface area (Å²) in [4.78, 5) is 13.6. The van der Waals surface area contributed by atoms with Gasteiger partial charge in [0.1, 0.15) is 0 Å². The van der Waals surface area contributed by atoms with Crippen LogP contribution < -0.4 is 0 Å². The van der Waals surface area contributed by atoms with Crippen molar-refractivity contribution in [2.24, 2.45) is 0 Å². The van der Waals surface area contributed by atoms with Crippen molar-refractivity contribution in [1.29, 1.82) is 0 Å². The minimum Gasteiger partial charge on any atom is -0.481 e. The molecule has 1 unspecified atom stereocenters. The van der Waals surface area contributed by atoms with Gasteiger partial charge in [-0.2, -0.15) is 0 Å². The zero-order valence-corrected chi connectivity index (χ0v) is 13.4. The molecule has 0 radical (unpaired) electrons. The van der Waals surface area contributed by atoms with E-state index >= 15 is 0 Å². The van der Waals surface area contributed by atoms with Gasteiger partial charge in [-0.15, -0.1) is 0 Å². The van der Waals surface area contributed by atoms with Crippen molar-refractivity contribution in [1.82, 2.24) is 4.90 Å². The maximum absolute atomic E-state index is 11.3. The smallest absolute Gasteiger partial charge is 0.305 e. The van der Waals surface area contributed by atoms with Crippen molar-refractivity contribution in [3.05, 3.63) is 34.3 Å². The summed E-state index contributed by atoms with van der Waals surface area (Å²) in [6, 6.07) is 8.00. The number of aliphatic carboxylic acids is 1. The van der Waals surface area contributed by atoms with E-state index in [2.05, 4.69) is 41.6 Å². The van der Waals surface area contributed by atoms with Crippen LogP contribution in [0.3, 0.4) is 0 Å². The molecular weight excluding hydrogens is 306 g/mol. The molecule has 0 aliphatic rings. The predicted octanol–water partition coefficient (Wildman–Crippen LogP) is 3.87. The monoisotopic (exact) mass is 327 g/mol. The lowest BCUT2D eigenvalue weighted by molar-refractivity contribution is -0.141. The third-order valence-corrected chi connectivity index (χ3v) is 4.31. The number of rotatable bonds is 7. The normalized spacial score (nSPS) is 14.4. The van der Waals surface area contributed by atoms with Gasteiger partial charge in [0, 0.05) is 4.47 Å². The van der Waals surface area contributed by atoms with Crippen LogP contribution in [0.5, 0.6) is 0 Å². The Morgan fingerprint density at radius 1 is 1.21 bits per heavy atom. The van der Waals surface area contributed by atoms with Gasteiger partial charge in [0.05, 0.1) is 12.0 Å². The number of carboxylic acid groups (broad SMARTS) is 1. The van der Waals surface area contributed by atoms with E-state index < -0.39 is 11.5 Å². The quantitative estimate of drug-likeness (QED) is 0.826.